The number of hydrogen-bond donors (Lipinski definition) is 2. The van der Waals surface area contributed by atoms with Crippen molar-refractivity contribution in [3.63, 3.8) is 0 Å². The van der Waals surface area contributed by atoms with Crippen LogP contribution in [0.3, 0.4) is 0 Å². The van der Waals surface area contributed by atoms with E-state index >= 15 is 0 Å². The van der Waals surface area contributed by atoms with E-state index in [9.17, 15) is 9.59 Å². The Kier molecular flexibility index (Phi) is 10.1. The molecule has 35 heavy (non-hydrogen) atoms. The van der Waals surface area contributed by atoms with Gasteiger partial charge in [0.2, 0.25) is 5.95 Å². The maximum atomic E-state index is 12.6. The van der Waals surface area contributed by atoms with Crippen molar-refractivity contribution in [1.82, 2.24) is 19.1 Å². The fraction of sp³-hybridized carbons (Fsp3) is 0.538. The Morgan fingerprint density at radius 3 is 2.26 bits per heavy atom. The fourth-order valence-electron chi connectivity index (χ4n) is 4.15. The van der Waals surface area contributed by atoms with Crippen LogP contribution < -0.4 is 21.4 Å². The van der Waals surface area contributed by atoms with Crippen LogP contribution in [0, 0.1) is 0 Å². The summed E-state index contributed by atoms with van der Waals surface area (Å²) in [5, 5.41) is 4.31. The van der Waals surface area contributed by atoms with E-state index < -0.39 is 11.2 Å². The van der Waals surface area contributed by atoms with Crippen molar-refractivity contribution in [3.05, 3.63) is 50.7 Å². The summed E-state index contributed by atoms with van der Waals surface area (Å²) in [7, 11) is 3.22. The summed E-state index contributed by atoms with van der Waals surface area (Å²) in [6, 6.07) is 7.50. The Morgan fingerprint density at radius 2 is 1.63 bits per heavy atom. The van der Waals surface area contributed by atoms with Gasteiger partial charge in [0.1, 0.15) is 5.75 Å². The number of unbranched alkanes of at least 4 members (excludes halogenated alkanes) is 9. The molecule has 2 aromatic heterocycles. The standard InChI is InChI=1S/C26H38N6O3/c1-4-5-6-7-8-9-10-11-12-13-18-32-22-23(31(2)26(34)29-24(22)33)28-25(32)30-27-19-20-14-16-21(35-3)17-15-20/h14-17,19H,4-13,18H2,1-3H3,(H,28,30)(H,29,33,34)/b27-19-. The summed E-state index contributed by atoms with van der Waals surface area (Å²) in [6.45, 7) is 2.86. The third-order valence-corrected chi connectivity index (χ3v) is 6.24. The summed E-state index contributed by atoms with van der Waals surface area (Å²) < 4.78 is 8.35. The molecule has 0 fully saturated rings. The number of rotatable bonds is 15. The van der Waals surface area contributed by atoms with Crippen molar-refractivity contribution in [1.29, 1.82) is 0 Å². The number of aryl methyl sites for hydroxylation is 2. The van der Waals surface area contributed by atoms with Crippen LogP contribution in [0.5, 0.6) is 5.75 Å². The first-order valence-corrected chi connectivity index (χ1v) is 12.7. The zero-order valence-electron chi connectivity index (χ0n) is 21.2. The maximum Gasteiger partial charge on any atom is 0.329 e. The van der Waals surface area contributed by atoms with Gasteiger partial charge < -0.3 is 9.30 Å². The van der Waals surface area contributed by atoms with Crippen LogP contribution >= 0.6 is 0 Å². The molecular weight excluding hydrogens is 444 g/mol. The molecule has 9 nitrogen and oxygen atoms in total. The van der Waals surface area contributed by atoms with Crippen LogP contribution in [0.2, 0.25) is 0 Å². The highest BCUT2D eigenvalue weighted by Gasteiger charge is 2.16. The molecule has 0 aliphatic carbocycles. The van der Waals surface area contributed by atoms with Crippen molar-refractivity contribution in [2.24, 2.45) is 12.1 Å². The minimum Gasteiger partial charge on any atom is -0.497 e. The first-order valence-electron chi connectivity index (χ1n) is 12.7. The fourth-order valence-corrected chi connectivity index (χ4v) is 4.15. The highest BCUT2D eigenvalue weighted by molar-refractivity contribution is 5.80. The highest BCUT2D eigenvalue weighted by atomic mass is 16.5. The molecule has 3 aromatic rings. The van der Waals surface area contributed by atoms with Gasteiger partial charge in [-0.3, -0.25) is 14.3 Å². The van der Waals surface area contributed by atoms with E-state index in [1.165, 1.54) is 55.9 Å². The van der Waals surface area contributed by atoms with Gasteiger partial charge in [-0.1, -0.05) is 64.7 Å². The number of anilines is 1. The molecular formula is C26H38N6O3. The van der Waals surface area contributed by atoms with E-state index in [2.05, 4.69) is 27.4 Å². The molecule has 0 amide bonds. The van der Waals surface area contributed by atoms with Gasteiger partial charge in [-0.25, -0.2) is 10.2 Å². The van der Waals surface area contributed by atoms with Crippen LogP contribution in [0.1, 0.15) is 76.7 Å². The van der Waals surface area contributed by atoms with Gasteiger partial charge in [0, 0.05) is 13.6 Å². The number of nitrogens with one attached hydrogen (secondary N) is 2. The summed E-state index contributed by atoms with van der Waals surface area (Å²) in [5.74, 6) is 1.21. The number of hydrazone groups is 1. The number of hydrogen-bond acceptors (Lipinski definition) is 6. The minimum atomic E-state index is -0.487. The van der Waals surface area contributed by atoms with E-state index in [-0.39, 0.29) is 0 Å². The number of aromatic amines is 1. The molecule has 0 aliphatic rings. The van der Waals surface area contributed by atoms with Crippen LogP contribution in [-0.2, 0) is 13.6 Å². The molecule has 9 heteroatoms. The SMILES string of the molecule is CCCCCCCCCCCCn1c(N/N=C\c2ccc(OC)cc2)nc2c1c(=O)[nH]c(=O)n2C. The molecule has 0 aliphatic heterocycles. The Hall–Kier alpha value is -3.36. The molecule has 0 unspecified atom stereocenters. The number of H-pyrrole nitrogens is 1. The van der Waals surface area contributed by atoms with Crippen LogP contribution in [0.25, 0.3) is 11.2 Å². The first-order chi connectivity index (χ1) is 17.0. The molecule has 0 bridgehead atoms. The number of methoxy groups -OCH3 is 1. The Bertz CT molecular complexity index is 1210. The van der Waals surface area contributed by atoms with Gasteiger partial charge in [0.15, 0.2) is 11.2 Å². The normalized spacial score (nSPS) is 11.5. The van der Waals surface area contributed by atoms with E-state index in [1.54, 1.807) is 20.4 Å². The Morgan fingerprint density at radius 1 is 1.00 bits per heavy atom. The van der Waals surface area contributed by atoms with Crippen molar-refractivity contribution in [2.45, 2.75) is 77.7 Å². The van der Waals surface area contributed by atoms with Gasteiger partial charge in [0.05, 0.1) is 13.3 Å². The zero-order chi connectivity index (χ0) is 25.0. The quantitative estimate of drug-likeness (QED) is 0.184. The summed E-state index contributed by atoms with van der Waals surface area (Å²) in [5.41, 5.74) is 3.65. The molecule has 0 spiro atoms. The van der Waals surface area contributed by atoms with Gasteiger partial charge in [-0.15, -0.1) is 0 Å². The molecule has 190 valence electrons. The van der Waals surface area contributed by atoms with Crippen molar-refractivity contribution in [3.8, 4) is 5.75 Å². The number of nitrogens with zero attached hydrogens (tertiary/aromatic N) is 4. The molecule has 0 atom stereocenters. The van der Waals surface area contributed by atoms with Crippen molar-refractivity contribution < 1.29 is 4.74 Å². The van der Waals surface area contributed by atoms with Crippen molar-refractivity contribution in [2.75, 3.05) is 12.5 Å². The van der Waals surface area contributed by atoms with Gasteiger partial charge >= 0.3 is 5.69 Å². The van der Waals surface area contributed by atoms with E-state index in [1.807, 2.05) is 28.8 Å². The lowest BCUT2D eigenvalue weighted by Crippen LogP contribution is -2.29. The van der Waals surface area contributed by atoms with Crippen LogP contribution in [-0.4, -0.2) is 32.4 Å². The lowest BCUT2D eigenvalue weighted by atomic mass is 10.1. The second-order valence-electron chi connectivity index (χ2n) is 8.90. The van der Waals surface area contributed by atoms with E-state index in [4.69, 9.17) is 4.74 Å². The molecule has 3 rings (SSSR count). The van der Waals surface area contributed by atoms with Crippen LogP contribution in [0.15, 0.2) is 39.0 Å². The average molecular weight is 483 g/mol. The van der Waals surface area contributed by atoms with Gasteiger partial charge in [-0.2, -0.15) is 10.1 Å². The van der Waals surface area contributed by atoms with Gasteiger partial charge in [-0.05, 0) is 36.2 Å². The molecule has 2 heterocycles. The minimum absolute atomic E-state index is 0.341. The lowest BCUT2D eigenvalue weighted by molar-refractivity contribution is 0.415. The molecule has 2 N–H and O–H groups in total. The van der Waals surface area contributed by atoms with Crippen LogP contribution in [0.4, 0.5) is 5.95 Å². The van der Waals surface area contributed by atoms with Crippen molar-refractivity contribution >= 4 is 23.3 Å². The summed E-state index contributed by atoms with van der Waals surface area (Å²) >= 11 is 0. The smallest absolute Gasteiger partial charge is 0.329 e. The number of aromatic nitrogens is 4. The number of ether oxygens (including phenoxy) is 1. The maximum absolute atomic E-state index is 12.6. The molecule has 0 radical (unpaired) electrons. The van der Waals surface area contributed by atoms with Gasteiger partial charge in [0.25, 0.3) is 5.56 Å². The topological polar surface area (TPSA) is 106 Å². The van der Waals surface area contributed by atoms with E-state index in [0.717, 1.165) is 24.2 Å². The second-order valence-corrected chi connectivity index (χ2v) is 8.90. The number of imidazole rings is 1. The first kappa shape index (κ1) is 26.2. The third-order valence-electron chi connectivity index (χ3n) is 6.24. The lowest BCUT2D eigenvalue weighted by Gasteiger charge is -2.08. The Labute approximate surface area is 206 Å². The number of fused-ring (bicyclic) bond motifs is 1. The zero-order valence-corrected chi connectivity index (χ0v) is 21.2. The second kappa shape index (κ2) is 13.5. The average Bonchev–Trinajstić information content (AvgIpc) is 3.23. The Balaban J connectivity index is 1.65. The predicted octanol–water partition coefficient (Wildman–Crippen LogP) is 4.80. The summed E-state index contributed by atoms with van der Waals surface area (Å²) in [6.07, 6.45) is 14.0. The molecule has 0 saturated heterocycles. The predicted molar refractivity (Wildman–Crippen MR) is 142 cm³/mol. The monoisotopic (exact) mass is 482 g/mol. The number of benzene rings is 1. The summed E-state index contributed by atoms with van der Waals surface area (Å²) in [4.78, 5) is 31.6. The third kappa shape index (κ3) is 7.31. The highest BCUT2D eigenvalue weighted by Crippen LogP contribution is 2.18. The molecule has 0 saturated carbocycles. The largest absolute Gasteiger partial charge is 0.497 e. The molecule has 1 aromatic carbocycles. The van der Waals surface area contributed by atoms with E-state index in [0.29, 0.717) is 23.7 Å².